The van der Waals surface area contributed by atoms with Crippen LogP contribution in [-0.4, -0.2) is 40.0 Å². The summed E-state index contributed by atoms with van der Waals surface area (Å²) in [7, 11) is 0.588. The molecule has 1 heterocycles. The molecular weight excluding hydrogens is 338 g/mol. The van der Waals surface area contributed by atoms with Crippen LogP contribution in [0.15, 0.2) is 39.9 Å². The summed E-state index contributed by atoms with van der Waals surface area (Å²) in [6, 6.07) is 8.42. The Labute approximate surface area is 138 Å². The van der Waals surface area contributed by atoms with Gasteiger partial charge in [-0.05, 0) is 12.1 Å². The molecule has 0 saturated heterocycles. The highest BCUT2D eigenvalue weighted by Crippen LogP contribution is 2.39. The molecule has 0 unspecified atom stereocenters. The number of ether oxygens (including phenoxy) is 1. The van der Waals surface area contributed by atoms with Crippen molar-refractivity contribution in [2.24, 2.45) is 0 Å². The molecule has 0 fully saturated rings. The molecule has 2 amide bonds. The van der Waals surface area contributed by atoms with Crippen LogP contribution < -0.4 is 15.4 Å². The molecule has 2 aromatic rings. The number of nitrogens with zero attached hydrogens (tertiary/aromatic N) is 1. The van der Waals surface area contributed by atoms with E-state index >= 15 is 0 Å². The maximum Gasteiger partial charge on any atom is 0.323 e. The number of methoxy groups -OCH3 is 1. The first kappa shape index (κ1) is 17.3. The Bertz CT molecular complexity index is 786. The zero-order valence-electron chi connectivity index (χ0n) is 12.9. The lowest BCUT2D eigenvalue weighted by molar-refractivity contribution is 0.262. The van der Waals surface area contributed by atoms with Crippen LogP contribution in [0.5, 0.6) is 5.75 Å². The minimum absolute atomic E-state index is 0.0417. The van der Waals surface area contributed by atoms with Crippen molar-refractivity contribution in [2.75, 3.05) is 31.8 Å². The van der Waals surface area contributed by atoms with E-state index in [-0.39, 0.29) is 9.96 Å². The van der Waals surface area contributed by atoms with Crippen LogP contribution >= 0.6 is 11.3 Å². The molecule has 0 saturated carbocycles. The quantitative estimate of drug-likeness (QED) is 0.863. The van der Waals surface area contributed by atoms with E-state index in [1.165, 1.54) is 26.6 Å². The largest absolute Gasteiger partial charge is 0.492 e. The second-order valence-corrected chi connectivity index (χ2v) is 7.93. The Balaban J connectivity index is 2.21. The van der Waals surface area contributed by atoms with Crippen molar-refractivity contribution in [3.05, 3.63) is 35.7 Å². The van der Waals surface area contributed by atoms with E-state index in [1.807, 2.05) is 6.07 Å². The number of hydrogen-bond acceptors (Lipinski definition) is 5. The predicted molar refractivity (Wildman–Crippen MR) is 90.8 cm³/mol. The number of nitrogens with one attached hydrogen (secondary N) is 2. The Kier molecular flexibility index (Phi) is 5.24. The van der Waals surface area contributed by atoms with Crippen LogP contribution in [0.4, 0.5) is 16.2 Å². The summed E-state index contributed by atoms with van der Waals surface area (Å²) >= 11 is 0.987. The summed E-state index contributed by atoms with van der Waals surface area (Å²) in [6.45, 7) is 0. The van der Waals surface area contributed by atoms with Crippen molar-refractivity contribution in [1.29, 1.82) is 0 Å². The molecule has 7 nitrogen and oxygen atoms in total. The summed E-state index contributed by atoms with van der Waals surface area (Å²) in [5.74, 6) is 0.118. The smallest absolute Gasteiger partial charge is 0.323 e. The average Bonchev–Trinajstić information content (AvgIpc) is 2.91. The highest BCUT2D eigenvalue weighted by Gasteiger charge is 2.27. The highest BCUT2D eigenvalue weighted by molar-refractivity contribution is 7.91. The molecule has 0 radical (unpaired) electrons. The van der Waals surface area contributed by atoms with Gasteiger partial charge >= 0.3 is 6.03 Å². The number of thiophene rings is 1. The molecule has 0 atom stereocenters. The number of urea groups is 1. The topological polar surface area (TPSA) is 87.7 Å². The van der Waals surface area contributed by atoms with Gasteiger partial charge in [-0.25, -0.2) is 17.5 Å². The minimum Gasteiger partial charge on any atom is -0.492 e. The van der Waals surface area contributed by atoms with Crippen molar-refractivity contribution < 1.29 is 17.9 Å². The number of para-hydroxylation sites is 1. The SMILES string of the molecule is COc1c(NC(=O)Nc2ccccc2)csc1S(=O)(=O)N(C)C. The molecule has 124 valence electrons. The third-order valence-corrected chi connectivity index (χ3v) is 6.20. The monoisotopic (exact) mass is 355 g/mol. The molecule has 2 N–H and O–H groups in total. The van der Waals surface area contributed by atoms with E-state index in [9.17, 15) is 13.2 Å². The Hall–Kier alpha value is -2.10. The Morgan fingerprint density at radius 3 is 2.39 bits per heavy atom. The summed E-state index contributed by atoms with van der Waals surface area (Å²) in [4.78, 5) is 12.0. The highest BCUT2D eigenvalue weighted by atomic mass is 32.2. The number of rotatable bonds is 5. The molecule has 0 aliphatic carbocycles. The van der Waals surface area contributed by atoms with Crippen molar-refractivity contribution >= 4 is 38.8 Å². The van der Waals surface area contributed by atoms with Gasteiger partial charge < -0.3 is 15.4 Å². The summed E-state index contributed by atoms with van der Waals surface area (Å²) in [5, 5.41) is 6.77. The molecule has 9 heteroatoms. The van der Waals surface area contributed by atoms with Gasteiger partial charge in [-0.3, -0.25) is 0 Å². The van der Waals surface area contributed by atoms with Gasteiger partial charge in [0.25, 0.3) is 10.0 Å². The van der Waals surface area contributed by atoms with Crippen LogP contribution in [0.3, 0.4) is 0 Å². The fourth-order valence-electron chi connectivity index (χ4n) is 1.76. The molecule has 0 aliphatic heterocycles. The maximum absolute atomic E-state index is 12.2. The van der Waals surface area contributed by atoms with Gasteiger partial charge in [0.15, 0.2) is 9.96 Å². The first-order valence-electron chi connectivity index (χ1n) is 6.57. The van der Waals surface area contributed by atoms with Gasteiger partial charge in [-0.2, -0.15) is 0 Å². The zero-order chi connectivity index (χ0) is 17.0. The number of amides is 2. The van der Waals surface area contributed by atoms with Crippen molar-refractivity contribution in [1.82, 2.24) is 4.31 Å². The standard InChI is InChI=1S/C14H17N3O4S2/c1-17(2)23(19,20)13-12(21-3)11(9-22-13)16-14(18)15-10-7-5-4-6-8-10/h4-9H,1-3H3,(H2,15,16,18). The van der Waals surface area contributed by atoms with E-state index in [0.29, 0.717) is 11.4 Å². The molecule has 0 aliphatic rings. The molecule has 1 aromatic heterocycles. The zero-order valence-corrected chi connectivity index (χ0v) is 14.5. The lowest BCUT2D eigenvalue weighted by Crippen LogP contribution is -2.22. The number of sulfonamides is 1. The second-order valence-electron chi connectivity index (χ2n) is 4.70. The fourth-order valence-corrected chi connectivity index (χ4v) is 4.29. The van der Waals surface area contributed by atoms with Crippen molar-refractivity contribution in [2.45, 2.75) is 4.21 Å². The minimum atomic E-state index is -3.64. The molecule has 2 rings (SSSR count). The van der Waals surface area contributed by atoms with Crippen LogP contribution in [0.25, 0.3) is 0 Å². The number of benzene rings is 1. The van der Waals surface area contributed by atoms with E-state index < -0.39 is 16.1 Å². The van der Waals surface area contributed by atoms with Crippen LogP contribution in [-0.2, 0) is 10.0 Å². The van der Waals surface area contributed by atoms with Gasteiger partial charge in [0.05, 0.1) is 12.8 Å². The number of carbonyl (C=O) groups excluding carboxylic acids is 1. The number of hydrogen-bond donors (Lipinski definition) is 2. The first-order valence-corrected chi connectivity index (χ1v) is 8.89. The third kappa shape index (κ3) is 3.81. The van der Waals surface area contributed by atoms with Gasteiger partial charge in [0.2, 0.25) is 0 Å². The first-order chi connectivity index (χ1) is 10.9. The van der Waals surface area contributed by atoms with Crippen LogP contribution in [0.2, 0.25) is 0 Å². The van der Waals surface area contributed by atoms with E-state index in [1.54, 1.807) is 24.3 Å². The lowest BCUT2D eigenvalue weighted by atomic mass is 10.3. The Morgan fingerprint density at radius 1 is 1.17 bits per heavy atom. The fraction of sp³-hybridized carbons (Fsp3) is 0.214. The normalized spacial score (nSPS) is 11.3. The number of anilines is 2. The summed E-state index contributed by atoms with van der Waals surface area (Å²) < 4.78 is 30.8. The third-order valence-electron chi connectivity index (χ3n) is 2.91. The number of carbonyl (C=O) groups is 1. The van der Waals surface area contributed by atoms with E-state index in [4.69, 9.17) is 4.74 Å². The van der Waals surface area contributed by atoms with E-state index in [0.717, 1.165) is 15.6 Å². The van der Waals surface area contributed by atoms with Crippen molar-refractivity contribution in [3.8, 4) is 5.75 Å². The molecular formula is C14H17N3O4S2. The van der Waals surface area contributed by atoms with Gasteiger partial charge in [0.1, 0.15) is 0 Å². The van der Waals surface area contributed by atoms with Crippen molar-refractivity contribution in [3.63, 3.8) is 0 Å². The van der Waals surface area contributed by atoms with Gasteiger partial charge in [-0.15, -0.1) is 11.3 Å². The summed E-state index contributed by atoms with van der Waals surface area (Å²) in [5.41, 5.74) is 0.923. The second kappa shape index (κ2) is 6.99. The van der Waals surface area contributed by atoms with Gasteiger partial charge in [0, 0.05) is 25.2 Å². The Morgan fingerprint density at radius 2 is 1.83 bits per heavy atom. The maximum atomic E-state index is 12.2. The van der Waals surface area contributed by atoms with Crippen LogP contribution in [0, 0.1) is 0 Å². The molecule has 0 spiro atoms. The predicted octanol–water partition coefficient (Wildman–Crippen LogP) is 2.65. The summed E-state index contributed by atoms with van der Waals surface area (Å²) in [6.07, 6.45) is 0. The molecule has 1 aromatic carbocycles. The van der Waals surface area contributed by atoms with Gasteiger partial charge in [-0.1, -0.05) is 18.2 Å². The average molecular weight is 355 g/mol. The van der Waals surface area contributed by atoms with Crippen LogP contribution in [0.1, 0.15) is 0 Å². The van der Waals surface area contributed by atoms with E-state index in [2.05, 4.69) is 10.6 Å². The molecule has 23 heavy (non-hydrogen) atoms. The lowest BCUT2D eigenvalue weighted by Gasteiger charge is -2.12. The molecule has 0 bridgehead atoms.